The minimum absolute atomic E-state index is 0.152. The highest BCUT2D eigenvalue weighted by Gasteiger charge is 2.44. The SMILES string of the molecule is CN1CCCCN(C)P1(=O)C(C)(C)C. The molecule has 0 amide bonds. The highest BCUT2D eigenvalue weighted by atomic mass is 31.2. The lowest BCUT2D eigenvalue weighted by Crippen LogP contribution is -2.35. The van der Waals surface area contributed by atoms with Gasteiger partial charge in [0.25, 0.3) is 0 Å². The van der Waals surface area contributed by atoms with E-state index >= 15 is 0 Å². The fraction of sp³-hybridized carbons (Fsp3) is 1.00. The van der Waals surface area contributed by atoms with Gasteiger partial charge in [-0.15, -0.1) is 0 Å². The standard InChI is InChI=1S/C10H23N2OP/c1-10(2,3)14(13)11(4)8-6-7-9-12(14)5/h6-9H2,1-5H3. The van der Waals surface area contributed by atoms with Crippen molar-refractivity contribution in [3.63, 3.8) is 0 Å². The topological polar surface area (TPSA) is 23.6 Å². The van der Waals surface area contributed by atoms with Crippen LogP contribution in [0.25, 0.3) is 0 Å². The predicted molar refractivity (Wildman–Crippen MR) is 61.9 cm³/mol. The molecule has 1 heterocycles. The molecule has 84 valence electrons. The molecule has 3 nitrogen and oxygen atoms in total. The molecule has 1 aliphatic rings. The first kappa shape index (κ1) is 12.2. The molecule has 4 heteroatoms. The van der Waals surface area contributed by atoms with Crippen LogP contribution in [0.3, 0.4) is 0 Å². The van der Waals surface area contributed by atoms with Gasteiger partial charge in [0.15, 0.2) is 0 Å². The normalized spacial score (nSPS) is 26.1. The van der Waals surface area contributed by atoms with Crippen LogP contribution >= 0.6 is 7.44 Å². The summed E-state index contributed by atoms with van der Waals surface area (Å²) in [6.07, 6.45) is 2.31. The first-order valence-electron chi connectivity index (χ1n) is 5.33. The van der Waals surface area contributed by atoms with E-state index in [9.17, 15) is 4.57 Å². The average Bonchev–Trinajstić information content (AvgIpc) is 2.17. The maximum absolute atomic E-state index is 13.0. The first-order valence-corrected chi connectivity index (χ1v) is 6.95. The summed E-state index contributed by atoms with van der Waals surface area (Å²) >= 11 is 0. The molecule has 0 saturated carbocycles. The third kappa shape index (κ3) is 1.91. The zero-order valence-electron chi connectivity index (χ0n) is 10.1. The molecule has 0 aromatic heterocycles. The lowest BCUT2D eigenvalue weighted by molar-refractivity contribution is 0.392. The molecule has 0 bridgehead atoms. The van der Waals surface area contributed by atoms with Crippen LogP contribution in [-0.2, 0) is 4.57 Å². The van der Waals surface area contributed by atoms with Crippen LogP contribution in [0, 0.1) is 0 Å². The summed E-state index contributed by atoms with van der Waals surface area (Å²) in [6.45, 7) is 8.14. The monoisotopic (exact) mass is 218 g/mol. The Morgan fingerprint density at radius 1 is 1.00 bits per heavy atom. The first-order chi connectivity index (χ1) is 6.30. The number of nitrogens with zero attached hydrogens (tertiary/aromatic N) is 2. The van der Waals surface area contributed by atoms with Crippen molar-refractivity contribution in [1.82, 2.24) is 9.34 Å². The van der Waals surface area contributed by atoms with Crippen molar-refractivity contribution in [3.8, 4) is 0 Å². The van der Waals surface area contributed by atoms with Crippen molar-refractivity contribution < 1.29 is 4.57 Å². The molecule has 0 N–H and O–H groups in total. The Labute approximate surface area is 87.9 Å². The Balaban J connectivity index is 3.06. The summed E-state index contributed by atoms with van der Waals surface area (Å²) in [5.41, 5.74) is 0. The molecule has 0 aromatic rings. The quantitative estimate of drug-likeness (QED) is 0.584. The van der Waals surface area contributed by atoms with Gasteiger partial charge in [0.05, 0.1) is 0 Å². The lowest BCUT2D eigenvalue weighted by Gasteiger charge is -2.41. The molecule has 14 heavy (non-hydrogen) atoms. The molecule has 1 saturated heterocycles. The Bertz CT molecular complexity index is 231. The van der Waals surface area contributed by atoms with Gasteiger partial charge in [0.1, 0.15) is 0 Å². The summed E-state index contributed by atoms with van der Waals surface area (Å²) in [5, 5.41) is -0.152. The number of rotatable bonds is 0. The van der Waals surface area contributed by atoms with Crippen LogP contribution < -0.4 is 0 Å². The van der Waals surface area contributed by atoms with E-state index in [-0.39, 0.29) is 5.16 Å². The summed E-state index contributed by atoms with van der Waals surface area (Å²) in [7, 11) is 1.63. The highest BCUT2D eigenvalue weighted by molar-refractivity contribution is 7.60. The van der Waals surface area contributed by atoms with Crippen molar-refractivity contribution >= 4 is 7.44 Å². The predicted octanol–water partition coefficient (Wildman–Crippen LogP) is 2.64. The summed E-state index contributed by atoms with van der Waals surface area (Å²) in [5.74, 6) is 0. The van der Waals surface area contributed by atoms with Gasteiger partial charge in [0, 0.05) is 18.2 Å². The van der Waals surface area contributed by atoms with Crippen LogP contribution in [0.5, 0.6) is 0 Å². The zero-order valence-corrected chi connectivity index (χ0v) is 11.0. The van der Waals surface area contributed by atoms with Gasteiger partial charge in [0.2, 0.25) is 7.44 Å². The largest absolute Gasteiger partial charge is 0.288 e. The van der Waals surface area contributed by atoms with Crippen molar-refractivity contribution in [3.05, 3.63) is 0 Å². The van der Waals surface area contributed by atoms with E-state index in [1.165, 1.54) is 0 Å². The van der Waals surface area contributed by atoms with Gasteiger partial charge in [-0.25, -0.2) is 9.34 Å². The second-order valence-electron chi connectivity index (χ2n) is 5.18. The van der Waals surface area contributed by atoms with E-state index in [4.69, 9.17) is 0 Å². The summed E-state index contributed by atoms with van der Waals surface area (Å²) in [4.78, 5) is 0. The van der Waals surface area contributed by atoms with Gasteiger partial charge >= 0.3 is 0 Å². The zero-order chi connectivity index (χ0) is 11.0. The summed E-state index contributed by atoms with van der Waals surface area (Å²) in [6, 6.07) is 0. The van der Waals surface area contributed by atoms with Crippen molar-refractivity contribution in [2.75, 3.05) is 27.2 Å². The van der Waals surface area contributed by atoms with E-state index in [1.54, 1.807) is 0 Å². The maximum Gasteiger partial charge on any atom is 0.221 e. The van der Waals surface area contributed by atoms with Crippen LogP contribution in [0.15, 0.2) is 0 Å². The molecule has 0 spiro atoms. The van der Waals surface area contributed by atoms with E-state index in [0.29, 0.717) is 0 Å². The van der Waals surface area contributed by atoms with Crippen molar-refractivity contribution in [1.29, 1.82) is 0 Å². The summed E-state index contributed by atoms with van der Waals surface area (Å²) < 4.78 is 17.1. The molecule has 0 atom stereocenters. The van der Waals surface area contributed by atoms with Crippen LogP contribution in [0.2, 0.25) is 0 Å². The Morgan fingerprint density at radius 2 is 1.36 bits per heavy atom. The molecule has 0 unspecified atom stereocenters. The third-order valence-electron chi connectivity index (χ3n) is 3.01. The molecule has 1 fully saturated rings. The van der Waals surface area contributed by atoms with Crippen molar-refractivity contribution in [2.45, 2.75) is 38.8 Å². The van der Waals surface area contributed by atoms with Gasteiger partial charge in [-0.1, -0.05) is 20.8 Å². The second-order valence-corrected chi connectivity index (χ2v) is 8.98. The van der Waals surface area contributed by atoms with E-state index < -0.39 is 7.44 Å². The maximum atomic E-state index is 13.0. The highest BCUT2D eigenvalue weighted by Crippen LogP contribution is 2.62. The van der Waals surface area contributed by atoms with Crippen LogP contribution in [0.4, 0.5) is 0 Å². The fourth-order valence-corrected chi connectivity index (χ4v) is 5.63. The van der Waals surface area contributed by atoms with E-state index in [0.717, 1.165) is 25.9 Å². The molecule has 1 aliphatic heterocycles. The van der Waals surface area contributed by atoms with Gasteiger partial charge < -0.3 is 0 Å². The number of hydrogen-bond donors (Lipinski definition) is 0. The molecule has 0 aliphatic carbocycles. The van der Waals surface area contributed by atoms with E-state index in [1.807, 2.05) is 14.1 Å². The van der Waals surface area contributed by atoms with Crippen LogP contribution in [-0.4, -0.2) is 41.7 Å². The number of hydrogen-bond acceptors (Lipinski definition) is 1. The van der Waals surface area contributed by atoms with Gasteiger partial charge in [-0.2, -0.15) is 0 Å². The third-order valence-corrected chi connectivity index (χ3v) is 7.01. The molecule has 0 aromatic carbocycles. The molecular formula is C10H23N2OP. The Hall–Kier alpha value is 0.150. The minimum Gasteiger partial charge on any atom is -0.288 e. The molecular weight excluding hydrogens is 195 g/mol. The van der Waals surface area contributed by atoms with E-state index in [2.05, 4.69) is 30.1 Å². The molecule has 1 rings (SSSR count). The Kier molecular flexibility index (Phi) is 3.45. The van der Waals surface area contributed by atoms with Crippen molar-refractivity contribution in [2.24, 2.45) is 0 Å². The van der Waals surface area contributed by atoms with Crippen LogP contribution in [0.1, 0.15) is 33.6 Å². The smallest absolute Gasteiger partial charge is 0.221 e. The van der Waals surface area contributed by atoms with Gasteiger partial charge in [-0.05, 0) is 26.9 Å². The fourth-order valence-electron chi connectivity index (χ4n) is 2.24. The Morgan fingerprint density at radius 3 is 1.64 bits per heavy atom. The lowest BCUT2D eigenvalue weighted by atomic mass is 10.3. The average molecular weight is 218 g/mol. The minimum atomic E-state index is -2.36. The van der Waals surface area contributed by atoms with Gasteiger partial charge in [-0.3, -0.25) is 4.57 Å². The second kappa shape index (κ2) is 3.96. The molecule has 0 radical (unpaired) electrons.